The fourth-order valence-electron chi connectivity index (χ4n) is 2.26. The first-order valence-electron chi connectivity index (χ1n) is 5.51. The van der Waals surface area contributed by atoms with E-state index in [0.717, 1.165) is 19.0 Å². The summed E-state index contributed by atoms with van der Waals surface area (Å²) >= 11 is 0. The quantitative estimate of drug-likeness (QED) is 0.633. The molecule has 13 heavy (non-hydrogen) atoms. The minimum absolute atomic E-state index is 0.711. The third-order valence-electron chi connectivity index (χ3n) is 3.10. The van der Waals surface area contributed by atoms with Crippen molar-refractivity contribution in [2.75, 3.05) is 26.2 Å². The average molecular weight is 180 g/mol. The van der Waals surface area contributed by atoms with E-state index < -0.39 is 0 Å². The second kappa shape index (κ2) is 3.79. The maximum atomic E-state index is 4.74. The van der Waals surface area contributed by atoms with E-state index in [9.17, 15) is 0 Å². The number of fused-ring (bicyclic) bond motifs is 3. The lowest BCUT2D eigenvalue weighted by atomic mass is 9.86. The zero-order chi connectivity index (χ0) is 9.26. The van der Waals surface area contributed by atoms with Crippen molar-refractivity contribution in [3.63, 3.8) is 0 Å². The zero-order valence-electron chi connectivity index (χ0n) is 8.79. The van der Waals surface area contributed by atoms with Gasteiger partial charge in [0.15, 0.2) is 0 Å². The molecule has 0 spiro atoms. The molecule has 2 nitrogen and oxygen atoms in total. The van der Waals surface area contributed by atoms with Crippen LogP contribution in [0.3, 0.4) is 0 Å². The summed E-state index contributed by atoms with van der Waals surface area (Å²) in [6.45, 7) is 9.30. The number of hydrogen-bond donors (Lipinski definition) is 0. The predicted molar refractivity (Wildman–Crippen MR) is 56.3 cm³/mol. The zero-order valence-corrected chi connectivity index (χ0v) is 8.79. The molecule has 0 amide bonds. The van der Waals surface area contributed by atoms with Crippen LogP contribution in [0.25, 0.3) is 0 Å². The van der Waals surface area contributed by atoms with E-state index in [0.29, 0.717) is 5.92 Å². The second-order valence-corrected chi connectivity index (χ2v) is 4.78. The van der Waals surface area contributed by atoms with Gasteiger partial charge in [0.25, 0.3) is 0 Å². The summed E-state index contributed by atoms with van der Waals surface area (Å²) in [7, 11) is 0. The molecule has 3 fully saturated rings. The van der Waals surface area contributed by atoms with Gasteiger partial charge in [-0.3, -0.25) is 9.89 Å². The Hall–Kier alpha value is -0.370. The summed E-state index contributed by atoms with van der Waals surface area (Å²) in [5.41, 5.74) is 1.49. The molecule has 0 unspecified atom stereocenters. The Balaban J connectivity index is 1.96. The molecule has 2 bridgehead atoms. The number of rotatable bonds is 2. The van der Waals surface area contributed by atoms with Crippen LogP contribution >= 0.6 is 0 Å². The van der Waals surface area contributed by atoms with E-state index >= 15 is 0 Å². The Bertz CT molecular complexity index is 200. The second-order valence-electron chi connectivity index (χ2n) is 4.78. The van der Waals surface area contributed by atoms with E-state index in [1.807, 2.05) is 0 Å². The van der Waals surface area contributed by atoms with Gasteiger partial charge in [-0.25, -0.2) is 0 Å². The van der Waals surface area contributed by atoms with Gasteiger partial charge in [-0.05, 0) is 31.8 Å². The first kappa shape index (κ1) is 9.20. The van der Waals surface area contributed by atoms with Crippen LogP contribution in [0.4, 0.5) is 0 Å². The van der Waals surface area contributed by atoms with E-state index in [2.05, 4.69) is 18.7 Å². The van der Waals surface area contributed by atoms with Crippen molar-refractivity contribution in [1.29, 1.82) is 0 Å². The van der Waals surface area contributed by atoms with Crippen molar-refractivity contribution in [3.8, 4) is 0 Å². The summed E-state index contributed by atoms with van der Waals surface area (Å²) < 4.78 is 0. The molecule has 0 radical (unpaired) electrons. The van der Waals surface area contributed by atoms with Gasteiger partial charge in [-0.15, -0.1) is 0 Å². The van der Waals surface area contributed by atoms with Crippen LogP contribution in [-0.4, -0.2) is 36.8 Å². The van der Waals surface area contributed by atoms with Crippen molar-refractivity contribution in [1.82, 2.24) is 4.90 Å². The number of piperidine rings is 3. The molecular weight excluding hydrogens is 160 g/mol. The van der Waals surface area contributed by atoms with Crippen LogP contribution in [-0.2, 0) is 0 Å². The summed E-state index contributed by atoms with van der Waals surface area (Å²) in [5, 5.41) is 0. The first-order valence-corrected chi connectivity index (χ1v) is 5.51. The largest absolute Gasteiger partial charge is 0.298 e. The van der Waals surface area contributed by atoms with Crippen LogP contribution in [0.1, 0.15) is 26.7 Å². The van der Waals surface area contributed by atoms with Gasteiger partial charge in [0.2, 0.25) is 0 Å². The fourth-order valence-corrected chi connectivity index (χ4v) is 2.26. The molecule has 0 N–H and O–H groups in total. The summed E-state index contributed by atoms with van der Waals surface area (Å²) in [6.07, 6.45) is 2.72. The highest BCUT2D eigenvalue weighted by molar-refractivity contribution is 5.90. The van der Waals surface area contributed by atoms with Gasteiger partial charge < -0.3 is 0 Å². The minimum atomic E-state index is 0.711. The molecule has 0 atom stereocenters. The Morgan fingerprint density at radius 3 is 2.54 bits per heavy atom. The van der Waals surface area contributed by atoms with Gasteiger partial charge in [-0.1, -0.05) is 13.8 Å². The smallest absolute Gasteiger partial charge is 0.0412 e. The molecular formula is C11H20N2. The molecule has 3 aliphatic rings. The predicted octanol–water partition coefficient (Wildman–Crippen LogP) is 1.81. The first-order chi connectivity index (χ1) is 6.25. The van der Waals surface area contributed by atoms with Gasteiger partial charge in [-0.2, -0.15) is 0 Å². The normalized spacial score (nSPS) is 36.1. The average Bonchev–Trinajstić information content (AvgIpc) is 2.17. The third kappa shape index (κ3) is 2.11. The molecule has 0 aromatic rings. The summed E-state index contributed by atoms with van der Waals surface area (Å²) in [4.78, 5) is 7.28. The highest BCUT2D eigenvalue weighted by Gasteiger charge is 2.30. The lowest BCUT2D eigenvalue weighted by molar-refractivity contribution is 0.200. The van der Waals surface area contributed by atoms with Gasteiger partial charge in [0.05, 0.1) is 0 Å². The fraction of sp³-hybridized carbons (Fsp3) is 0.909. The van der Waals surface area contributed by atoms with E-state index in [4.69, 9.17) is 4.99 Å². The molecule has 0 aromatic heterocycles. The minimum Gasteiger partial charge on any atom is -0.298 e. The van der Waals surface area contributed by atoms with Crippen molar-refractivity contribution >= 4 is 5.71 Å². The van der Waals surface area contributed by atoms with Gasteiger partial charge in [0, 0.05) is 24.7 Å². The van der Waals surface area contributed by atoms with Crippen molar-refractivity contribution in [2.24, 2.45) is 16.8 Å². The molecule has 3 saturated heterocycles. The summed E-state index contributed by atoms with van der Waals surface area (Å²) in [6, 6.07) is 0. The molecule has 3 heterocycles. The maximum absolute atomic E-state index is 4.74. The molecule has 3 aliphatic heterocycles. The Labute approximate surface area is 81.0 Å². The van der Waals surface area contributed by atoms with Crippen molar-refractivity contribution in [2.45, 2.75) is 26.7 Å². The number of hydrogen-bond acceptors (Lipinski definition) is 2. The van der Waals surface area contributed by atoms with E-state index in [1.54, 1.807) is 0 Å². The Kier molecular flexibility index (Phi) is 2.68. The Morgan fingerprint density at radius 1 is 1.38 bits per heavy atom. The molecule has 0 aliphatic carbocycles. The number of aliphatic imine (C=N–C) groups is 1. The van der Waals surface area contributed by atoms with Gasteiger partial charge in [0.1, 0.15) is 0 Å². The molecule has 3 rings (SSSR count). The Morgan fingerprint density at radius 2 is 2.08 bits per heavy atom. The SMILES string of the molecule is CC(C)C/N=C1/CN2CCC1CC2. The van der Waals surface area contributed by atoms with Gasteiger partial charge >= 0.3 is 0 Å². The summed E-state index contributed by atoms with van der Waals surface area (Å²) in [5.74, 6) is 1.55. The highest BCUT2D eigenvalue weighted by Crippen LogP contribution is 2.25. The molecule has 0 saturated carbocycles. The highest BCUT2D eigenvalue weighted by atomic mass is 15.2. The topological polar surface area (TPSA) is 15.6 Å². The maximum Gasteiger partial charge on any atom is 0.0412 e. The van der Waals surface area contributed by atoms with Crippen LogP contribution in [0.15, 0.2) is 4.99 Å². The lowest BCUT2D eigenvalue weighted by Crippen LogP contribution is -2.48. The van der Waals surface area contributed by atoms with Crippen LogP contribution in [0.2, 0.25) is 0 Å². The van der Waals surface area contributed by atoms with E-state index in [-0.39, 0.29) is 0 Å². The van der Waals surface area contributed by atoms with Crippen molar-refractivity contribution in [3.05, 3.63) is 0 Å². The van der Waals surface area contributed by atoms with Crippen LogP contribution < -0.4 is 0 Å². The van der Waals surface area contributed by atoms with Crippen LogP contribution in [0.5, 0.6) is 0 Å². The molecule has 74 valence electrons. The van der Waals surface area contributed by atoms with Crippen LogP contribution in [0, 0.1) is 11.8 Å². The van der Waals surface area contributed by atoms with E-state index in [1.165, 1.54) is 31.6 Å². The standard InChI is InChI=1S/C11H20N2/c1-9(2)7-12-11-8-13-5-3-10(11)4-6-13/h9-10H,3-8H2,1-2H3/b12-11-. The molecule has 2 heteroatoms. The third-order valence-corrected chi connectivity index (χ3v) is 3.10. The molecule has 0 aromatic carbocycles. The van der Waals surface area contributed by atoms with Crippen molar-refractivity contribution < 1.29 is 0 Å². The monoisotopic (exact) mass is 180 g/mol. The lowest BCUT2D eigenvalue weighted by Gasteiger charge is -2.40. The number of nitrogens with zero attached hydrogens (tertiary/aromatic N) is 2.